The summed E-state index contributed by atoms with van der Waals surface area (Å²) in [5.41, 5.74) is 3.07. The molecule has 0 saturated carbocycles. The van der Waals surface area contributed by atoms with Crippen LogP contribution in [0.3, 0.4) is 0 Å². The van der Waals surface area contributed by atoms with Gasteiger partial charge >= 0.3 is 0 Å². The second-order valence-electron chi connectivity index (χ2n) is 4.71. The van der Waals surface area contributed by atoms with Crippen molar-refractivity contribution in [3.63, 3.8) is 0 Å². The molecule has 0 amide bonds. The maximum absolute atomic E-state index is 9.11. The first-order valence-electron chi connectivity index (χ1n) is 6.38. The molecule has 1 unspecified atom stereocenters. The lowest BCUT2D eigenvalue weighted by Gasteiger charge is -2.10. The summed E-state index contributed by atoms with van der Waals surface area (Å²) in [6.07, 6.45) is 3.10. The average Bonchev–Trinajstić information content (AvgIpc) is 2.69. The predicted molar refractivity (Wildman–Crippen MR) is 72.1 cm³/mol. The smallest absolute Gasteiger partial charge is 0.127 e. The van der Waals surface area contributed by atoms with Crippen LogP contribution in [0.15, 0.2) is 17.7 Å². The van der Waals surface area contributed by atoms with E-state index < -0.39 is 0 Å². The van der Waals surface area contributed by atoms with E-state index in [1.54, 1.807) is 0 Å². The first kappa shape index (κ1) is 13.0. The zero-order valence-corrected chi connectivity index (χ0v) is 11.2. The van der Waals surface area contributed by atoms with Crippen LogP contribution >= 0.6 is 0 Å². The minimum Gasteiger partial charge on any atom is -0.493 e. The van der Waals surface area contributed by atoms with Crippen molar-refractivity contribution in [1.29, 1.82) is 0 Å². The zero-order valence-electron chi connectivity index (χ0n) is 11.2. The highest BCUT2D eigenvalue weighted by molar-refractivity contribution is 5.64. The zero-order chi connectivity index (χ0) is 13.1. The topological polar surface area (TPSA) is 38.7 Å². The molecule has 0 fully saturated rings. The Morgan fingerprint density at radius 1 is 1.56 bits per heavy atom. The number of aliphatic hydroxyl groups is 1. The summed E-state index contributed by atoms with van der Waals surface area (Å²) in [5, 5.41) is 9.11. The fraction of sp³-hybridized carbons (Fsp3) is 0.467. The number of benzene rings is 1. The van der Waals surface area contributed by atoms with Crippen molar-refractivity contribution in [2.45, 2.75) is 33.3 Å². The van der Waals surface area contributed by atoms with Gasteiger partial charge in [-0.05, 0) is 44.6 Å². The average molecular weight is 248 g/mol. The van der Waals surface area contributed by atoms with E-state index in [0.717, 1.165) is 29.1 Å². The Hall–Kier alpha value is -1.48. The van der Waals surface area contributed by atoms with Crippen molar-refractivity contribution in [1.82, 2.24) is 0 Å². The molecule has 2 rings (SSSR count). The van der Waals surface area contributed by atoms with Crippen molar-refractivity contribution < 1.29 is 14.6 Å². The Morgan fingerprint density at radius 3 is 3.00 bits per heavy atom. The maximum Gasteiger partial charge on any atom is 0.127 e. The minimum atomic E-state index is 0.0555. The summed E-state index contributed by atoms with van der Waals surface area (Å²) < 4.78 is 11.4. The van der Waals surface area contributed by atoms with Crippen LogP contribution in [0.25, 0.3) is 6.08 Å². The summed E-state index contributed by atoms with van der Waals surface area (Å²) in [6.45, 7) is 6.62. The van der Waals surface area contributed by atoms with E-state index in [2.05, 4.69) is 13.0 Å². The van der Waals surface area contributed by atoms with Crippen molar-refractivity contribution in [3.05, 3.63) is 28.8 Å². The number of ether oxygens (including phenoxy) is 2. The number of fused-ring (bicyclic) bond motifs is 1. The number of hydrogen-bond donors (Lipinski definition) is 1. The molecule has 3 heteroatoms. The lowest BCUT2D eigenvalue weighted by atomic mass is 10.0. The summed E-state index contributed by atoms with van der Waals surface area (Å²) in [4.78, 5) is 0. The standard InChI is InChI=1S/C15H20O3/c1-4-17-14-7-13-6-11(3)18-15(13)8-12(14)5-10(2)9-16/h5,7-8,11,16H,4,6,9H2,1-3H3. The molecule has 1 aromatic carbocycles. The van der Waals surface area contributed by atoms with Crippen molar-refractivity contribution in [2.24, 2.45) is 0 Å². The van der Waals surface area contributed by atoms with E-state index in [-0.39, 0.29) is 12.7 Å². The Bertz CT molecular complexity index is 463. The van der Waals surface area contributed by atoms with Gasteiger partial charge in [0.25, 0.3) is 0 Å². The molecule has 1 aliphatic rings. The highest BCUT2D eigenvalue weighted by Gasteiger charge is 2.21. The van der Waals surface area contributed by atoms with E-state index in [4.69, 9.17) is 14.6 Å². The fourth-order valence-corrected chi connectivity index (χ4v) is 2.16. The van der Waals surface area contributed by atoms with E-state index in [1.807, 2.05) is 26.0 Å². The summed E-state index contributed by atoms with van der Waals surface area (Å²) in [5.74, 6) is 1.80. The third-order valence-electron chi connectivity index (χ3n) is 2.98. The first-order valence-corrected chi connectivity index (χ1v) is 6.38. The van der Waals surface area contributed by atoms with Gasteiger partial charge in [0, 0.05) is 17.5 Å². The molecule has 1 heterocycles. The molecule has 0 bridgehead atoms. The van der Waals surface area contributed by atoms with Gasteiger partial charge in [0.1, 0.15) is 17.6 Å². The quantitative estimate of drug-likeness (QED) is 0.890. The van der Waals surface area contributed by atoms with Gasteiger partial charge in [0.2, 0.25) is 0 Å². The first-order chi connectivity index (χ1) is 8.63. The van der Waals surface area contributed by atoms with Crippen LogP contribution in [-0.4, -0.2) is 24.4 Å². The van der Waals surface area contributed by atoms with Crippen molar-refractivity contribution in [3.8, 4) is 11.5 Å². The third-order valence-corrected chi connectivity index (χ3v) is 2.98. The van der Waals surface area contributed by atoms with Crippen LogP contribution in [0.5, 0.6) is 11.5 Å². The Balaban J connectivity index is 2.41. The van der Waals surface area contributed by atoms with Gasteiger partial charge in [0.05, 0.1) is 13.2 Å². The molecule has 18 heavy (non-hydrogen) atoms. The van der Waals surface area contributed by atoms with Gasteiger partial charge < -0.3 is 14.6 Å². The van der Waals surface area contributed by atoms with Gasteiger partial charge in [-0.15, -0.1) is 0 Å². The molecule has 0 aliphatic carbocycles. The van der Waals surface area contributed by atoms with Crippen LogP contribution < -0.4 is 9.47 Å². The molecular formula is C15H20O3. The van der Waals surface area contributed by atoms with Crippen LogP contribution in [0, 0.1) is 0 Å². The Kier molecular flexibility index (Phi) is 3.92. The van der Waals surface area contributed by atoms with E-state index in [9.17, 15) is 0 Å². The monoisotopic (exact) mass is 248 g/mol. The second kappa shape index (κ2) is 5.44. The largest absolute Gasteiger partial charge is 0.493 e. The molecule has 0 radical (unpaired) electrons. The molecule has 3 nitrogen and oxygen atoms in total. The van der Waals surface area contributed by atoms with Crippen LogP contribution in [-0.2, 0) is 6.42 Å². The molecule has 1 aromatic rings. The van der Waals surface area contributed by atoms with Gasteiger partial charge in [-0.1, -0.05) is 0 Å². The number of rotatable bonds is 4. The molecule has 1 aliphatic heterocycles. The molecule has 0 saturated heterocycles. The Labute approximate surface area is 108 Å². The molecular weight excluding hydrogens is 228 g/mol. The summed E-state index contributed by atoms with van der Waals surface area (Å²) >= 11 is 0. The number of hydrogen-bond acceptors (Lipinski definition) is 3. The maximum atomic E-state index is 9.11. The van der Waals surface area contributed by atoms with Crippen LogP contribution in [0.1, 0.15) is 31.9 Å². The van der Waals surface area contributed by atoms with Crippen molar-refractivity contribution in [2.75, 3.05) is 13.2 Å². The number of aliphatic hydroxyl groups excluding tert-OH is 1. The van der Waals surface area contributed by atoms with Gasteiger partial charge in [-0.3, -0.25) is 0 Å². The predicted octanol–water partition coefficient (Wildman–Crippen LogP) is 2.80. The molecule has 1 N–H and O–H groups in total. The molecule has 0 spiro atoms. The lowest BCUT2D eigenvalue weighted by molar-refractivity contribution is 0.254. The Morgan fingerprint density at radius 2 is 2.33 bits per heavy atom. The van der Waals surface area contributed by atoms with Gasteiger partial charge in [-0.25, -0.2) is 0 Å². The fourth-order valence-electron chi connectivity index (χ4n) is 2.16. The summed E-state index contributed by atoms with van der Waals surface area (Å²) in [7, 11) is 0. The third kappa shape index (κ3) is 2.67. The SMILES string of the molecule is CCOc1cc2c(cc1C=C(C)CO)OC(C)C2. The van der Waals surface area contributed by atoms with Crippen LogP contribution in [0.2, 0.25) is 0 Å². The molecule has 1 atom stereocenters. The normalized spacial score (nSPS) is 18.4. The lowest BCUT2D eigenvalue weighted by Crippen LogP contribution is -2.05. The highest BCUT2D eigenvalue weighted by atomic mass is 16.5. The van der Waals surface area contributed by atoms with E-state index in [1.165, 1.54) is 5.56 Å². The molecule has 98 valence electrons. The second-order valence-corrected chi connectivity index (χ2v) is 4.71. The van der Waals surface area contributed by atoms with Crippen molar-refractivity contribution >= 4 is 6.08 Å². The van der Waals surface area contributed by atoms with Crippen LogP contribution in [0.4, 0.5) is 0 Å². The minimum absolute atomic E-state index is 0.0555. The molecule has 0 aromatic heterocycles. The summed E-state index contributed by atoms with van der Waals surface area (Å²) in [6, 6.07) is 4.06. The highest BCUT2D eigenvalue weighted by Crippen LogP contribution is 2.36. The van der Waals surface area contributed by atoms with E-state index >= 15 is 0 Å². The van der Waals surface area contributed by atoms with E-state index in [0.29, 0.717) is 6.61 Å². The van der Waals surface area contributed by atoms with Gasteiger partial charge in [-0.2, -0.15) is 0 Å². The van der Waals surface area contributed by atoms with Gasteiger partial charge in [0.15, 0.2) is 0 Å².